The van der Waals surface area contributed by atoms with Crippen LogP contribution in [0.15, 0.2) is 66.2 Å². The monoisotopic (exact) mass is 504 g/mol. The van der Waals surface area contributed by atoms with Crippen LogP contribution in [0.5, 0.6) is 11.5 Å². The molecule has 1 atom stereocenters. The summed E-state index contributed by atoms with van der Waals surface area (Å²) in [6.45, 7) is 3.12. The lowest BCUT2D eigenvalue weighted by Gasteiger charge is -2.28. The van der Waals surface area contributed by atoms with Crippen molar-refractivity contribution in [2.45, 2.75) is 13.0 Å². The summed E-state index contributed by atoms with van der Waals surface area (Å²) in [5.74, 6) is -0.437. The summed E-state index contributed by atoms with van der Waals surface area (Å²) in [5.41, 5.74) is 3.17. The highest BCUT2D eigenvalue weighted by Gasteiger charge is 2.47. The van der Waals surface area contributed by atoms with Crippen molar-refractivity contribution in [3.8, 4) is 11.5 Å². The van der Waals surface area contributed by atoms with E-state index < -0.39 is 17.7 Å². The molecule has 2 heterocycles. The Morgan fingerprint density at radius 3 is 2.53 bits per heavy atom. The molecule has 8 heteroatoms. The average Bonchev–Trinajstić information content (AvgIpc) is 3.15. The molecule has 184 valence electrons. The maximum absolute atomic E-state index is 13.4. The Kier molecular flexibility index (Phi) is 6.10. The number of halogens is 1. The molecular weight excluding hydrogens is 480 g/mol. The van der Waals surface area contributed by atoms with E-state index in [2.05, 4.69) is 0 Å². The third kappa shape index (κ3) is 3.95. The van der Waals surface area contributed by atoms with Gasteiger partial charge < -0.3 is 19.5 Å². The number of fused-ring (bicyclic) bond motifs is 1. The first kappa shape index (κ1) is 23.8. The van der Waals surface area contributed by atoms with E-state index in [1.165, 1.54) is 4.90 Å². The Morgan fingerprint density at radius 1 is 1.08 bits per heavy atom. The van der Waals surface area contributed by atoms with Gasteiger partial charge >= 0.3 is 0 Å². The second-order valence-electron chi connectivity index (χ2n) is 8.83. The van der Waals surface area contributed by atoms with Crippen molar-refractivity contribution in [3.63, 3.8) is 0 Å². The Labute approximate surface area is 214 Å². The predicted molar refractivity (Wildman–Crippen MR) is 139 cm³/mol. The zero-order chi connectivity index (χ0) is 25.6. The Morgan fingerprint density at radius 2 is 1.83 bits per heavy atom. The van der Waals surface area contributed by atoms with Crippen LogP contribution in [-0.2, 0) is 9.59 Å². The number of aliphatic hydroxyl groups excluding tert-OH is 1. The zero-order valence-corrected chi connectivity index (χ0v) is 20.9. The summed E-state index contributed by atoms with van der Waals surface area (Å²) in [4.78, 5) is 30.2. The van der Waals surface area contributed by atoms with Crippen molar-refractivity contribution in [2.24, 2.45) is 0 Å². The summed E-state index contributed by atoms with van der Waals surface area (Å²) in [6, 6.07) is 16.6. The van der Waals surface area contributed by atoms with E-state index in [4.69, 9.17) is 21.1 Å². The van der Waals surface area contributed by atoms with Gasteiger partial charge in [-0.05, 0) is 60.5 Å². The second-order valence-corrected chi connectivity index (χ2v) is 9.24. The zero-order valence-electron chi connectivity index (χ0n) is 20.1. The fraction of sp³-hybridized carbons (Fsp3) is 0.214. The van der Waals surface area contributed by atoms with Gasteiger partial charge in [0.2, 0.25) is 0 Å². The van der Waals surface area contributed by atoms with Crippen molar-refractivity contribution < 1.29 is 24.2 Å². The van der Waals surface area contributed by atoms with Crippen LogP contribution in [0.3, 0.4) is 0 Å². The van der Waals surface area contributed by atoms with Crippen LogP contribution >= 0.6 is 11.6 Å². The van der Waals surface area contributed by atoms with Gasteiger partial charge in [0.1, 0.15) is 23.9 Å². The molecule has 36 heavy (non-hydrogen) atoms. The van der Waals surface area contributed by atoms with E-state index in [9.17, 15) is 14.7 Å². The lowest BCUT2D eigenvalue weighted by Crippen LogP contribution is -2.29. The second kappa shape index (κ2) is 9.24. The molecule has 1 unspecified atom stereocenters. The SMILES string of the molecule is COc1ccc(C2/C(=C(/O)c3ccc4c(c3)N(C)CCO4)C(=O)C(=O)N2c2ccc(C)c(Cl)c2)cc1. The Hall–Kier alpha value is -3.97. The molecule has 3 aromatic carbocycles. The Balaban J connectivity index is 1.70. The van der Waals surface area contributed by atoms with Crippen molar-refractivity contribution in [1.82, 2.24) is 0 Å². The molecular formula is C28H25ClN2O5. The summed E-state index contributed by atoms with van der Waals surface area (Å²) >= 11 is 6.37. The van der Waals surface area contributed by atoms with Crippen LogP contribution in [0.2, 0.25) is 5.02 Å². The number of aryl methyl sites for hydroxylation is 1. The number of likely N-dealkylation sites (N-methyl/N-ethyl adjacent to an activating group) is 1. The molecule has 0 bridgehead atoms. The lowest BCUT2D eigenvalue weighted by molar-refractivity contribution is -0.132. The minimum absolute atomic E-state index is 0.00111. The van der Waals surface area contributed by atoms with Crippen LogP contribution in [0.25, 0.3) is 5.76 Å². The maximum Gasteiger partial charge on any atom is 0.300 e. The number of hydrogen-bond donors (Lipinski definition) is 1. The number of rotatable bonds is 4. The molecule has 1 saturated heterocycles. The maximum atomic E-state index is 13.4. The number of carbonyl (C=O) groups is 2. The molecule has 2 aliphatic rings. The van der Waals surface area contributed by atoms with Crippen molar-refractivity contribution in [1.29, 1.82) is 0 Å². The topological polar surface area (TPSA) is 79.3 Å². The number of amides is 1. The first-order valence-electron chi connectivity index (χ1n) is 11.5. The third-order valence-electron chi connectivity index (χ3n) is 6.64. The molecule has 3 aromatic rings. The van der Waals surface area contributed by atoms with Crippen molar-refractivity contribution in [3.05, 3.63) is 87.9 Å². The Bertz CT molecular complexity index is 1400. The minimum atomic E-state index is -0.861. The highest BCUT2D eigenvalue weighted by molar-refractivity contribution is 6.51. The largest absolute Gasteiger partial charge is 0.507 e. The number of nitrogens with zero attached hydrogens (tertiary/aromatic N) is 2. The van der Waals surface area contributed by atoms with Gasteiger partial charge in [0.15, 0.2) is 0 Å². The van der Waals surface area contributed by atoms with Crippen molar-refractivity contribution in [2.75, 3.05) is 37.1 Å². The summed E-state index contributed by atoms with van der Waals surface area (Å²) < 4.78 is 11.0. The predicted octanol–water partition coefficient (Wildman–Crippen LogP) is 5.11. The van der Waals surface area contributed by atoms with Gasteiger partial charge in [0.05, 0.1) is 31.0 Å². The molecule has 1 N–H and O–H groups in total. The van der Waals surface area contributed by atoms with Gasteiger partial charge in [-0.2, -0.15) is 0 Å². The van der Waals surface area contributed by atoms with E-state index in [1.54, 1.807) is 67.8 Å². The first-order valence-corrected chi connectivity index (χ1v) is 11.9. The lowest BCUT2D eigenvalue weighted by atomic mass is 9.94. The van der Waals surface area contributed by atoms with E-state index in [0.29, 0.717) is 46.5 Å². The van der Waals surface area contributed by atoms with Gasteiger partial charge in [0.25, 0.3) is 11.7 Å². The van der Waals surface area contributed by atoms with Crippen molar-refractivity contribution >= 4 is 40.4 Å². The van der Waals surface area contributed by atoms with E-state index in [0.717, 1.165) is 11.3 Å². The first-order chi connectivity index (χ1) is 17.3. The van der Waals surface area contributed by atoms with Gasteiger partial charge in [-0.1, -0.05) is 29.8 Å². The number of carbonyl (C=O) groups excluding carboxylic acids is 2. The van der Waals surface area contributed by atoms with Crippen LogP contribution in [0.4, 0.5) is 11.4 Å². The smallest absolute Gasteiger partial charge is 0.300 e. The summed E-state index contributed by atoms with van der Waals surface area (Å²) in [7, 11) is 3.49. The van der Waals surface area contributed by atoms with E-state index in [1.807, 2.05) is 18.9 Å². The quantitative estimate of drug-likeness (QED) is 0.302. The van der Waals surface area contributed by atoms with E-state index >= 15 is 0 Å². The molecule has 1 fully saturated rings. The number of methoxy groups -OCH3 is 1. The summed E-state index contributed by atoms with van der Waals surface area (Å²) in [5, 5.41) is 11.9. The third-order valence-corrected chi connectivity index (χ3v) is 7.04. The van der Waals surface area contributed by atoms with E-state index in [-0.39, 0.29) is 11.3 Å². The number of anilines is 2. The molecule has 0 aliphatic carbocycles. The normalized spacial score (nSPS) is 18.7. The van der Waals surface area contributed by atoms with Crippen LogP contribution in [0, 0.1) is 6.92 Å². The van der Waals surface area contributed by atoms with Gasteiger partial charge in [-0.3, -0.25) is 14.5 Å². The number of ether oxygens (including phenoxy) is 2. The minimum Gasteiger partial charge on any atom is -0.507 e. The molecule has 0 aromatic heterocycles. The number of ketones is 1. The summed E-state index contributed by atoms with van der Waals surface area (Å²) in [6.07, 6.45) is 0. The van der Waals surface area contributed by atoms with Gasteiger partial charge in [-0.25, -0.2) is 0 Å². The fourth-order valence-corrected chi connectivity index (χ4v) is 4.76. The van der Waals surface area contributed by atoms with Crippen LogP contribution in [-0.4, -0.2) is 44.1 Å². The highest BCUT2D eigenvalue weighted by Crippen LogP contribution is 2.44. The van der Waals surface area contributed by atoms with Gasteiger partial charge in [0, 0.05) is 23.3 Å². The van der Waals surface area contributed by atoms with Crippen LogP contribution < -0.4 is 19.3 Å². The number of hydrogen-bond acceptors (Lipinski definition) is 6. The molecule has 0 radical (unpaired) electrons. The average molecular weight is 505 g/mol. The number of aliphatic hydroxyl groups is 1. The number of Topliss-reactive ketones (excluding diaryl/α,β-unsaturated/α-hetero) is 1. The molecule has 2 aliphatic heterocycles. The molecule has 7 nitrogen and oxygen atoms in total. The molecule has 0 saturated carbocycles. The molecule has 1 amide bonds. The number of benzene rings is 3. The fourth-order valence-electron chi connectivity index (χ4n) is 4.59. The standard InChI is InChI=1S/C28H25ClN2O5/c1-16-4-8-19(15-21(16)29)31-25(17-5-9-20(35-3)10-6-17)24(27(33)28(31)34)26(32)18-7-11-23-22(14-18)30(2)12-13-36-23/h4-11,14-15,25,32H,12-13H2,1-3H3/b26-24-. The molecule has 5 rings (SSSR count). The van der Waals surface area contributed by atoms with Crippen LogP contribution in [0.1, 0.15) is 22.7 Å². The van der Waals surface area contributed by atoms with Gasteiger partial charge in [-0.15, -0.1) is 0 Å². The highest BCUT2D eigenvalue weighted by atomic mass is 35.5. The molecule has 0 spiro atoms.